The molecule has 2 aromatic carbocycles. The molecule has 0 unspecified atom stereocenters. The van der Waals surface area contributed by atoms with Crippen molar-refractivity contribution in [1.82, 2.24) is 4.90 Å². The van der Waals surface area contributed by atoms with Gasteiger partial charge in [0.05, 0.1) is 5.75 Å². The molecule has 0 bridgehead atoms. The molecule has 0 saturated carbocycles. The highest BCUT2D eigenvalue weighted by Crippen LogP contribution is 2.42. The van der Waals surface area contributed by atoms with Crippen molar-refractivity contribution in [2.75, 3.05) is 30.1 Å². The summed E-state index contributed by atoms with van der Waals surface area (Å²) in [5.41, 5.74) is 2.22. The topological polar surface area (TPSA) is 52.7 Å². The molecule has 1 heterocycles. The van der Waals surface area contributed by atoms with Gasteiger partial charge in [-0.15, -0.1) is 11.8 Å². The monoisotopic (exact) mass is 359 g/mol. The highest BCUT2D eigenvalue weighted by molar-refractivity contribution is 8.00. The molecule has 0 aromatic heterocycles. The summed E-state index contributed by atoms with van der Waals surface area (Å²) in [5.74, 6) is -0.00611. The van der Waals surface area contributed by atoms with Crippen LogP contribution < -0.4 is 10.2 Å². The van der Waals surface area contributed by atoms with Crippen molar-refractivity contribution >= 4 is 35.1 Å². The maximum Gasteiger partial charge on any atom is 0.321 e. The third-order valence-corrected chi connectivity index (χ3v) is 5.01. The summed E-state index contributed by atoms with van der Waals surface area (Å²) < 4.78 is 13.2. The van der Waals surface area contributed by atoms with Crippen molar-refractivity contribution < 1.29 is 14.0 Å². The van der Waals surface area contributed by atoms with Gasteiger partial charge in [0.15, 0.2) is 0 Å². The average molecular weight is 359 g/mol. The Morgan fingerprint density at radius 1 is 1.24 bits per heavy atom. The number of nitrogens with zero attached hydrogens (tertiary/aromatic N) is 2. The van der Waals surface area contributed by atoms with Crippen LogP contribution in [0.25, 0.3) is 0 Å². The molecular formula is C18H18FN3O2S. The van der Waals surface area contributed by atoms with Gasteiger partial charge in [-0.05, 0) is 42.0 Å². The third kappa shape index (κ3) is 3.76. The Hall–Kier alpha value is -2.54. The molecule has 1 fully saturated rings. The molecule has 1 atom stereocenters. The van der Waals surface area contributed by atoms with Crippen molar-refractivity contribution in [2.45, 2.75) is 5.37 Å². The maximum atomic E-state index is 13.2. The van der Waals surface area contributed by atoms with Gasteiger partial charge in [-0.1, -0.05) is 12.1 Å². The second-order valence-corrected chi connectivity index (χ2v) is 6.92. The van der Waals surface area contributed by atoms with E-state index < -0.39 is 0 Å². The summed E-state index contributed by atoms with van der Waals surface area (Å²) >= 11 is 1.50. The number of nitrogens with one attached hydrogen (secondary N) is 1. The summed E-state index contributed by atoms with van der Waals surface area (Å²) in [5, 5.41) is 2.59. The predicted molar refractivity (Wildman–Crippen MR) is 98.2 cm³/mol. The number of hydrogen-bond acceptors (Lipinski definition) is 3. The largest absolute Gasteiger partial charge is 0.331 e. The zero-order chi connectivity index (χ0) is 18.0. The van der Waals surface area contributed by atoms with Crippen LogP contribution in [0.4, 0.5) is 20.6 Å². The molecule has 25 heavy (non-hydrogen) atoms. The first kappa shape index (κ1) is 17.3. The molecule has 1 saturated heterocycles. The summed E-state index contributed by atoms with van der Waals surface area (Å²) in [6.45, 7) is 0. The van der Waals surface area contributed by atoms with Crippen LogP contribution in [-0.4, -0.2) is 36.7 Å². The molecule has 3 rings (SSSR count). The minimum Gasteiger partial charge on any atom is -0.331 e. The van der Waals surface area contributed by atoms with E-state index in [0.29, 0.717) is 17.1 Å². The van der Waals surface area contributed by atoms with Crippen molar-refractivity contribution in [3.05, 3.63) is 59.9 Å². The average Bonchev–Trinajstić information content (AvgIpc) is 2.97. The number of anilines is 2. The smallest absolute Gasteiger partial charge is 0.321 e. The molecule has 5 nitrogen and oxygen atoms in total. The molecule has 1 aliphatic rings. The zero-order valence-electron chi connectivity index (χ0n) is 13.9. The fourth-order valence-corrected chi connectivity index (χ4v) is 3.72. The van der Waals surface area contributed by atoms with E-state index >= 15 is 0 Å². The van der Waals surface area contributed by atoms with Gasteiger partial charge in [-0.25, -0.2) is 9.18 Å². The Labute approximate surface area is 149 Å². The molecule has 130 valence electrons. The van der Waals surface area contributed by atoms with Crippen LogP contribution in [0.15, 0.2) is 48.5 Å². The fraction of sp³-hybridized carbons (Fsp3) is 0.222. The van der Waals surface area contributed by atoms with E-state index in [1.807, 2.05) is 18.2 Å². The Morgan fingerprint density at radius 2 is 1.96 bits per heavy atom. The number of hydrogen-bond donors (Lipinski definition) is 1. The lowest BCUT2D eigenvalue weighted by atomic mass is 10.1. The minimum atomic E-state index is -0.340. The maximum absolute atomic E-state index is 13.2. The summed E-state index contributed by atoms with van der Waals surface area (Å²) in [6, 6.07) is 13.1. The van der Waals surface area contributed by atoms with Gasteiger partial charge in [0.2, 0.25) is 5.91 Å². The van der Waals surface area contributed by atoms with Crippen molar-refractivity contribution in [3.8, 4) is 0 Å². The van der Waals surface area contributed by atoms with Crippen LogP contribution >= 0.6 is 11.8 Å². The Kier molecular flexibility index (Phi) is 4.94. The molecule has 0 spiro atoms. The van der Waals surface area contributed by atoms with E-state index in [4.69, 9.17) is 0 Å². The van der Waals surface area contributed by atoms with E-state index in [1.165, 1.54) is 28.8 Å². The minimum absolute atomic E-state index is 0.0238. The van der Waals surface area contributed by atoms with Gasteiger partial charge in [0.1, 0.15) is 11.2 Å². The van der Waals surface area contributed by atoms with E-state index in [0.717, 1.165) is 5.56 Å². The van der Waals surface area contributed by atoms with E-state index in [2.05, 4.69) is 5.32 Å². The standard InChI is InChI=1S/C18H18FN3O2S/c1-21(2)18(24)20-14-5-3-4-12(10-14)17-22(16(23)11-25-17)15-8-6-13(19)7-9-15/h3-10,17H,11H2,1-2H3,(H,20,24)/t17-/m1/s1. The number of rotatable bonds is 3. The Morgan fingerprint density at radius 3 is 2.64 bits per heavy atom. The van der Waals surface area contributed by atoms with Crippen LogP contribution in [0.5, 0.6) is 0 Å². The number of benzene rings is 2. The Balaban J connectivity index is 1.88. The molecule has 1 aliphatic heterocycles. The number of halogens is 1. The second-order valence-electron chi connectivity index (χ2n) is 5.85. The highest BCUT2D eigenvalue weighted by Gasteiger charge is 2.34. The normalized spacial score (nSPS) is 16.8. The van der Waals surface area contributed by atoms with Gasteiger partial charge >= 0.3 is 6.03 Å². The molecule has 0 aliphatic carbocycles. The van der Waals surface area contributed by atoms with Gasteiger partial charge in [0.25, 0.3) is 0 Å². The Bertz CT molecular complexity index is 795. The number of carbonyl (C=O) groups excluding carboxylic acids is 2. The van der Waals surface area contributed by atoms with Crippen molar-refractivity contribution in [2.24, 2.45) is 0 Å². The van der Waals surface area contributed by atoms with Crippen LogP contribution in [0.2, 0.25) is 0 Å². The first-order valence-electron chi connectivity index (χ1n) is 7.73. The van der Waals surface area contributed by atoms with Gasteiger partial charge in [-0.2, -0.15) is 0 Å². The van der Waals surface area contributed by atoms with Crippen LogP contribution in [0, 0.1) is 5.82 Å². The van der Waals surface area contributed by atoms with Gasteiger partial charge < -0.3 is 10.2 Å². The van der Waals surface area contributed by atoms with Crippen molar-refractivity contribution in [3.63, 3.8) is 0 Å². The van der Waals surface area contributed by atoms with E-state index in [-0.39, 0.29) is 23.1 Å². The zero-order valence-corrected chi connectivity index (χ0v) is 14.7. The molecular weight excluding hydrogens is 341 g/mol. The van der Waals surface area contributed by atoms with Gasteiger partial charge in [-0.3, -0.25) is 9.69 Å². The lowest BCUT2D eigenvalue weighted by molar-refractivity contribution is -0.115. The second kappa shape index (κ2) is 7.14. The summed E-state index contributed by atoms with van der Waals surface area (Å²) in [6.07, 6.45) is 0. The summed E-state index contributed by atoms with van der Waals surface area (Å²) in [7, 11) is 3.34. The van der Waals surface area contributed by atoms with Gasteiger partial charge in [0, 0.05) is 25.5 Å². The first-order valence-corrected chi connectivity index (χ1v) is 8.78. The fourth-order valence-electron chi connectivity index (χ4n) is 2.56. The predicted octanol–water partition coefficient (Wildman–Crippen LogP) is 3.70. The lowest BCUT2D eigenvalue weighted by Gasteiger charge is -2.25. The third-order valence-electron chi connectivity index (χ3n) is 3.80. The molecule has 1 N–H and O–H groups in total. The van der Waals surface area contributed by atoms with E-state index in [9.17, 15) is 14.0 Å². The lowest BCUT2D eigenvalue weighted by Crippen LogP contribution is -2.28. The molecule has 7 heteroatoms. The van der Waals surface area contributed by atoms with E-state index in [1.54, 1.807) is 37.2 Å². The number of urea groups is 1. The molecule has 3 amide bonds. The van der Waals surface area contributed by atoms with Crippen LogP contribution in [0.3, 0.4) is 0 Å². The number of amides is 3. The first-order chi connectivity index (χ1) is 12.0. The van der Waals surface area contributed by atoms with Crippen LogP contribution in [0.1, 0.15) is 10.9 Å². The highest BCUT2D eigenvalue weighted by atomic mass is 32.2. The van der Waals surface area contributed by atoms with Crippen molar-refractivity contribution in [1.29, 1.82) is 0 Å². The number of thioether (sulfide) groups is 1. The quantitative estimate of drug-likeness (QED) is 0.909. The number of carbonyl (C=O) groups is 2. The molecule has 0 radical (unpaired) electrons. The summed E-state index contributed by atoms with van der Waals surface area (Å²) in [4.78, 5) is 27.3. The SMILES string of the molecule is CN(C)C(=O)Nc1cccc([C@H]2SCC(=O)N2c2ccc(F)cc2)c1. The molecule has 2 aromatic rings. The van der Waals surface area contributed by atoms with Crippen LogP contribution in [-0.2, 0) is 4.79 Å².